The molecule has 1 N–H and O–H groups in total. The highest BCUT2D eigenvalue weighted by atomic mass is 35.5. The number of halogens is 1. The van der Waals surface area contributed by atoms with Crippen LogP contribution in [0, 0.1) is 0 Å². The van der Waals surface area contributed by atoms with Crippen molar-refractivity contribution in [2.75, 3.05) is 19.8 Å². The molecule has 1 fully saturated rings. The average Bonchev–Trinajstić information content (AvgIpc) is 2.67. The standard InChI is InChI=1S/C11H12ClNO2/c12-9-3-1-2-8-6-13-7-11(10(8)9)14-4-5-15-11/h1-3,13H,4-7H2. The summed E-state index contributed by atoms with van der Waals surface area (Å²) in [7, 11) is 0. The molecular weight excluding hydrogens is 214 g/mol. The molecule has 2 aliphatic heterocycles. The van der Waals surface area contributed by atoms with Gasteiger partial charge in [0.05, 0.1) is 19.8 Å². The topological polar surface area (TPSA) is 30.5 Å². The zero-order valence-corrected chi connectivity index (χ0v) is 9.01. The number of hydrogen-bond donors (Lipinski definition) is 1. The minimum Gasteiger partial charge on any atom is -0.342 e. The van der Waals surface area contributed by atoms with Gasteiger partial charge in [0.15, 0.2) is 0 Å². The van der Waals surface area contributed by atoms with Crippen LogP contribution >= 0.6 is 11.6 Å². The lowest BCUT2D eigenvalue weighted by Gasteiger charge is -2.34. The third kappa shape index (κ3) is 1.39. The maximum Gasteiger partial charge on any atom is 0.209 e. The summed E-state index contributed by atoms with van der Waals surface area (Å²) >= 11 is 6.22. The Hall–Kier alpha value is -0.610. The fourth-order valence-electron chi connectivity index (χ4n) is 2.29. The molecular formula is C11H12ClNO2. The average molecular weight is 226 g/mol. The second-order valence-corrected chi connectivity index (χ2v) is 4.23. The molecule has 0 saturated carbocycles. The van der Waals surface area contributed by atoms with Gasteiger partial charge in [0.2, 0.25) is 5.79 Å². The van der Waals surface area contributed by atoms with E-state index in [0.29, 0.717) is 19.8 Å². The summed E-state index contributed by atoms with van der Waals surface area (Å²) in [6.07, 6.45) is 0. The lowest BCUT2D eigenvalue weighted by atomic mass is 9.95. The molecule has 1 spiro atoms. The highest BCUT2D eigenvalue weighted by Crippen LogP contribution is 2.39. The number of nitrogens with one attached hydrogen (secondary N) is 1. The van der Waals surface area contributed by atoms with E-state index in [1.54, 1.807) is 0 Å². The van der Waals surface area contributed by atoms with Gasteiger partial charge in [-0.1, -0.05) is 23.7 Å². The second-order valence-electron chi connectivity index (χ2n) is 3.83. The molecule has 1 aromatic rings. The van der Waals surface area contributed by atoms with Gasteiger partial charge >= 0.3 is 0 Å². The Morgan fingerprint density at radius 1 is 1.27 bits per heavy atom. The second kappa shape index (κ2) is 3.46. The molecule has 0 amide bonds. The molecule has 1 saturated heterocycles. The van der Waals surface area contributed by atoms with Crippen LogP contribution in [0.2, 0.25) is 5.02 Å². The molecule has 3 rings (SSSR count). The Morgan fingerprint density at radius 2 is 2.07 bits per heavy atom. The van der Waals surface area contributed by atoms with Crippen molar-refractivity contribution in [2.24, 2.45) is 0 Å². The SMILES string of the molecule is Clc1cccc2c1C1(CNC2)OCCO1. The Kier molecular flexibility index (Phi) is 2.21. The van der Waals surface area contributed by atoms with Crippen LogP contribution in [0.3, 0.4) is 0 Å². The van der Waals surface area contributed by atoms with Gasteiger partial charge in [-0.15, -0.1) is 0 Å². The summed E-state index contributed by atoms with van der Waals surface area (Å²) in [6, 6.07) is 5.90. The fraction of sp³-hybridized carbons (Fsp3) is 0.455. The van der Waals surface area contributed by atoms with Crippen LogP contribution in [0.4, 0.5) is 0 Å². The summed E-state index contributed by atoms with van der Waals surface area (Å²) < 4.78 is 11.4. The van der Waals surface area contributed by atoms with Crippen LogP contribution in [0.15, 0.2) is 18.2 Å². The van der Waals surface area contributed by atoms with E-state index in [1.165, 1.54) is 0 Å². The highest BCUT2D eigenvalue weighted by molar-refractivity contribution is 6.31. The highest BCUT2D eigenvalue weighted by Gasteiger charge is 2.43. The molecule has 80 valence electrons. The van der Waals surface area contributed by atoms with Crippen molar-refractivity contribution in [3.8, 4) is 0 Å². The summed E-state index contributed by atoms with van der Waals surface area (Å²) in [5.41, 5.74) is 2.17. The van der Waals surface area contributed by atoms with E-state index in [0.717, 1.165) is 22.7 Å². The Balaban J connectivity index is 2.16. The van der Waals surface area contributed by atoms with E-state index in [4.69, 9.17) is 21.1 Å². The van der Waals surface area contributed by atoms with Gasteiger partial charge in [-0.25, -0.2) is 0 Å². The Morgan fingerprint density at radius 3 is 2.87 bits per heavy atom. The zero-order chi connectivity index (χ0) is 10.3. The number of ether oxygens (including phenoxy) is 2. The summed E-state index contributed by atoms with van der Waals surface area (Å²) in [4.78, 5) is 0. The van der Waals surface area contributed by atoms with Gasteiger partial charge in [-0.3, -0.25) is 0 Å². The van der Waals surface area contributed by atoms with Crippen molar-refractivity contribution in [3.63, 3.8) is 0 Å². The van der Waals surface area contributed by atoms with Gasteiger partial charge in [0.1, 0.15) is 0 Å². The molecule has 15 heavy (non-hydrogen) atoms. The number of fused-ring (bicyclic) bond motifs is 2. The van der Waals surface area contributed by atoms with Gasteiger partial charge in [0.25, 0.3) is 0 Å². The Bertz CT molecular complexity index is 388. The van der Waals surface area contributed by atoms with Gasteiger partial charge in [0, 0.05) is 17.1 Å². The van der Waals surface area contributed by atoms with Crippen LogP contribution in [0.25, 0.3) is 0 Å². The molecule has 1 aromatic carbocycles. The summed E-state index contributed by atoms with van der Waals surface area (Å²) in [5.74, 6) is -0.647. The molecule has 2 aliphatic rings. The van der Waals surface area contributed by atoms with E-state index in [9.17, 15) is 0 Å². The first-order valence-electron chi connectivity index (χ1n) is 5.08. The van der Waals surface area contributed by atoms with E-state index in [-0.39, 0.29) is 0 Å². The molecule has 0 bridgehead atoms. The first kappa shape index (κ1) is 9.60. The lowest BCUT2D eigenvalue weighted by Crippen LogP contribution is -2.44. The van der Waals surface area contributed by atoms with Gasteiger partial charge in [-0.05, 0) is 11.6 Å². The normalized spacial score (nSPS) is 23.0. The molecule has 0 aliphatic carbocycles. The number of benzene rings is 1. The van der Waals surface area contributed by atoms with Crippen LogP contribution in [-0.4, -0.2) is 19.8 Å². The van der Waals surface area contributed by atoms with Crippen molar-refractivity contribution in [1.29, 1.82) is 0 Å². The minimum absolute atomic E-state index is 0.631. The maximum absolute atomic E-state index is 6.22. The van der Waals surface area contributed by atoms with Crippen LogP contribution in [0.1, 0.15) is 11.1 Å². The zero-order valence-electron chi connectivity index (χ0n) is 8.25. The molecule has 4 heteroatoms. The maximum atomic E-state index is 6.22. The van der Waals surface area contributed by atoms with E-state index < -0.39 is 5.79 Å². The van der Waals surface area contributed by atoms with Crippen molar-refractivity contribution in [3.05, 3.63) is 34.3 Å². The molecule has 0 aromatic heterocycles. The first-order valence-corrected chi connectivity index (χ1v) is 5.46. The van der Waals surface area contributed by atoms with Crippen molar-refractivity contribution in [1.82, 2.24) is 5.32 Å². The summed E-state index contributed by atoms with van der Waals surface area (Å²) in [5, 5.41) is 4.02. The van der Waals surface area contributed by atoms with E-state index in [2.05, 4.69) is 11.4 Å². The Labute approximate surface area is 93.3 Å². The lowest BCUT2D eigenvalue weighted by molar-refractivity contribution is -0.166. The third-order valence-electron chi connectivity index (χ3n) is 2.91. The monoisotopic (exact) mass is 225 g/mol. The van der Waals surface area contributed by atoms with Gasteiger partial charge < -0.3 is 14.8 Å². The van der Waals surface area contributed by atoms with Crippen molar-refractivity contribution >= 4 is 11.6 Å². The third-order valence-corrected chi connectivity index (χ3v) is 3.22. The van der Waals surface area contributed by atoms with E-state index in [1.807, 2.05) is 12.1 Å². The molecule has 3 nitrogen and oxygen atoms in total. The smallest absolute Gasteiger partial charge is 0.209 e. The number of hydrogen-bond acceptors (Lipinski definition) is 3. The van der Waals surface area contributed by atoms with Crippen LogP contribution < -0.4 is 5.32 Å². The molecule has 2 heterocycles. The predicted molar refractivity (Wildman–Crippen MR) is 56.7 cm³/mol. The van der Waals surface area contributed by atoms with Crippen molar-refractivity contribution < 1.29 is 9.47 Å². The molecule has 0 unspecified atom stereocenters. The first-order chi connectivity index (χ1) is 7.32. The quantitative estimate of drug-likeness (QED) is 0.728. The minimum atomic E-state index is -0.647. The van der Waals surface area contributed by atoms with Crippen molar-refractivity contribution in [2.45, 2.75) is 12.3 Å². The molecule has 0 atom stereocenters. The van der Waals surface area contributed by atoms with Gasteiger partial charge in [-0.2, -0.15) is 0 Å². The van der Waals surface area contributed by atoms with Crippen LogP contribution in [0.5, 0.6) is 0 Å². The van der Waals surface area contributed by atoms with Crippen LogP contribution in [-0.2, 0) is 21.8 Å². The fourth-order valence-corrected chi connectivity index (χ4v) is 2.63. The number of rotatable bonds is 0. The summed E-state index contributed by atoms with van der Waals surface area (Å²) in [6.45, 7) is 2.76. The largest absolute Gasteiger partial charge is 0.342 e. The van der Waals surface area contributed by atoms with E-state index >= 15 is 0 Å². The predicted octanol–water partition coefficient (Wildman–Crippen LogP) is 1.64. The molecule has 0 radical (unpaired) electrons.